The zero-order chi connectivity index (χ0) is 28.3. The Kier molecular flexibility index (Phi) is 8.35. The van der Waals surface area contributed by atoms with Gasteiger partial charge in [-0.1, -0.05) is 41.4 Å². The van der Waals surface area contributed by atoms with Crippen LogP contribution in [0.5, 0.6) is 11.5 Å². The minimum absolute atomic E-state index is 0.116. The molecule has 8 nitrogen and oxygen atoms in total. The van der Waals surface area contributed by atoms with Gasteiger partial charge in [0.25, 0.3) is 0 Å². The van der Waals surface area contributed by atoms with Gasteiger partial charge in [-0.15, -0.1) is 0 Å². The molecule has 1 atom stereocenters. The van der Waals surface area contributed by atoms with E-state index >= 15 is 0 Å². The summed E-state index contributed by atoms with van der Waals surface area (Å²) < 4.78 is 20.1. The summed E-state index contributed by atoms with van der Waals surface area (Å²) in [6, 6.07) is 18.4. The summed E-state index contributed by atoms with van der Waals surface area (Å²) in [6.45, 7) is 4.26. The maximum Gasteiger partial charge on any atom is 0.335 e. The van der Waals surface area contributed by atoms with Crippen LogP contribution in [0.2, 0.25) is 10.0 Å². The Morgan fingerprint density at radius 3 is 2.61 bits per heavy atom. The lowest BCUT2D eigenvalue weighted by molar-refractivity contribution is -0.0592. The summed E-state index contributed by atoms with van der Waals surface area (Å²) in [7, 11) is 0. The lowest BCUT2D eigenvalue weighted by atomic mass is 10.1. The van der Waals surface area contributed by atoms with Gasteiger partial charge in [-0.2, -0.15) is 0 Å². The van der Waals surface area contributed by atoms with Crippen LogP contribution in [0.1, 0.15) is 41.0 Å². The predicted octanol–water partition coefficient (Wildman–Crippen LogP) is 6.45. The number of benzene rings is 3. The Hall–Kier alpha value is -3.30. The van der Waals surface area contributed by atoms with Crippen molar-refractivity contribution >= 4 is 40.2 Å². The molecule has 41 heavy (non-hydrogen) atoms. The summed E-state index contributed by atoms with van der Waals surface area (Å²) in [6.07, 6.45) is 3.05. The number of rotatable bonds is 10. The molecule has 0 radical (unpaired) electrons. The minimum atomic E-state index is -0.938. The molecule has 0 unspecified atom stereocenters. The first kappa shape index (κ1) is 27.8. The number of halogens is 2. The van der Waals surface area contributed by atoms with E-state index in [2.05, 4.69) is 9.47 Å². The van der Waals surface area contributed by atoms with Crippen molar-refractivity contribution in [3.05, 3.63) is 87.7 Å². The fourth-order valence-corrected chi connectivity index (χ4v) is 5.65. The van der Waals surface area contributed by atoms with Gasteiger partial charge in [0.15, 0.2) is 0 Å². The Morgan fingerprint density at radius 2 is 1.85 bits per heavy atom. The van der Waals surface area contributed by atoms with Crippen LogP contribution in [0, 0.1) is 0 Å². The van der Waals surface area contributed by atoms with Crippen molar-refractivity contribution < 1.29 is 24.1 Å². The first-order valence-electron chi connectivity index (χ1n) is 13.8. The lowest BCUT2D eigenvalue weighted by Gasteiger charge is -2.32. The zero-order valence-corrected chi connectivity index (χ0v) is 24.0. The molecule has 1 aromatic heterocycles. The van der Waals surface area contributed by atoms with E-state index in [-0.39, 0.29) is 17.8 Å². The molecule has 6 rings (SSSR count). The van der Waals surface area contributed by atoms with Gasteiger partial charge in [-0.25, -0.2) is 9.78 Å². The molecule has 0 amide bonds. The molecule has 3 heterocycles. The average Bonchev–Trinajstić information content (AvgIpc) is 3.28. The number of imidazole rings is 1. The number of nitrogens with zero attached hydrogens (tertiary/aromatic N) is 3. The molecule has 2 aliphatic rings. The van der Waals surface area contributed by atoms with Crippen molar-refractivity contribution in [2.75, 3.05) is 19.7 Å². The monoisotopic (exact) mass is 595 g/mol. The number of hydrogen-bond donors (Lipinski definition) is 1. The smallest absolute Gasteiger partial charge is 0.335 e. The highest BCUT2D eigenvalue weighted by Gasteiger charge is 2.26. The molecule has 0 spiro atoms. The van der Waals surface area contributed by atoms with Crippen LogP contribution >= 0.6 is 23.2 Å². The highest BCUT2D eigenvalue weighted by molar-refractivity contribution is 6.42. The molecule has 4 aromatic rings. The van der Waals surface area contributed by atoms with Crippen LogP contribution in [0.4, 0.5) is 0 Å². The largest absolute Gasteiger partial charge is 0.490 e. The summed E-state index contributed by atoms with van der Waals surface area (Å²) in [5.41, 5.74) is 2.90. The van der Waals surface area contributed by atoms with Crippen LogP contribution in [0.25, 0.3) is 11.0 Å². The van der Waals surface area contributed by atoms with E-state index in [4.69, 9.17) is 42.4 Å². The molecule has 2 fully saturated rings. The first-order valence-corrected chi connectivity index (χ1v) is 14.6. The number of carboxylic acids is 1. The van der Waals surface area contributed by atoms with Gasteiger partial charge in [0.05, 0.1) is 40.8 Å². The lowest BCUT2D eigenvalue weighted by Crippen LogP contribution is -2.39. The van der Waals surface area contributed by atoms with Crippen LogP contribution in [0.3, 0.4) is 0 Å². The van der Waals surface area contributed by atoms with Gasteiger partial charge in [0, 0.05) is 19.7 Å². The first-order chi connectivity index (χ1) is 19.9. The summed E-state index contributed by atoms with van der Waals surface area (Å²) in [4.78, 5) is 18.8. The highest BCUT2D eigenvalue weighted by Crippen LogP contribution is 2.32. The minimum Gasteiger partial charge on any atom is -0.490 e. The van der Waals surface area contributed by atoms with Crippen molar-refractivity contribution in [3.8, 4) is 11.5 Å². The molecule has 214 valence electrons. The van der Waals surface area contributed by atoms with Crippen molar-refractivity contribution in [1.29, 1.82) is 0 Å². The van der Waals surface area contributed by atoms with Gasteiger partial charge in [0.2, 0.25) is 0 Å². The average molecular weight is 597 g/mol. The molecule has 10 heteroatoms. The number of fused-ring (bicyclic) bond motifs is 1. The Balaban J connectivity index is 1.07. The Morgan fingerprint density at radius 1 is 1.05 bits per heavy atom. The van der Waals surface area contributed by atoms with Gasteiger partial charge in [0.1, 0.15) is 35.1 Å². The third kappa shape index (κ3) is 6.46. The maximum atomic E-state index is 11.6. The van der Waals surface area contributed by atoms with Crippen LogP contribution in [-0.2, 0) is 24.4 Å². The number of carbonyl (C=O) groups is 1. The molecule has 2 saturated heterocycles. The second-order valence-corrected chi connectivity index (χ2v) is 11.3. The van der Waals surface area contributed by atoms with Crippen molar-refractivity contribution in [3.63, 3.8) is 0 Å². The predicted molar refractivity (Wildman–Crippen MR) is 157 cm³/mol. The third-order valence-electron chi connectivity index (χ3n) is 7.67. The molecule has 2 aliphatic heterocycles. The van der Waals surface area contributed by atoms with Gasteiger partial charge < -0.3 is 23.9 Å². The zero-order valence-electron chi connectivity index (χ0n) is 22.5. The summed E-state index contributed by atoms with van der Waals surface area (Å²) in [5, 5.41) is 10.4. The third-order valence-corrected chi connectivity index (χ3v) is 8.47. The number of likely N-dealkylation sites (tertiary alicyclic amines) is 1. The number of piperidine rings is 1. The molecular weight excluding hydrogens is 565 g/mol. The van der Waals surface area contributed by atoms with Gasteiger partial charge in [-0.3, -0.25) is 4.90 Å². The molecule has 0 saturated carbocycles. The van der Waals surface area contributed by atoms with E-state index in [0.717, 1.165) is 67.1 Å². The van der Waals surface area contributed by atoms with Crippen molar-refractivity contribution in [2.45, 2.75) is 51.2 Å². The van der Waals surface area contributed by atoms with E-state index in [1.54, 1.807) is 30.3 Å². The van der Waals surface area contributed by atoms with E-state index in [0.29, 0.717) is 35.5 Å². The van der Waals surface area contributed by atoms with E-state index in [1.165, 1.54) is 0 Å². The Bertz CT molecular complexity index is 1550. The van der Waals surface area contributed by atoms with E-state index in [1.807, 2.05) is 30.3 Å². The van der Waals surface area contributed by atoms with Crippen LogP contribution < -0.4 is 9.47 Å². The number of aromatic nitrogens is 2. The van der Waals surface area contributed by atoms with Gasteiger partial charge >= 0.3 is 5.97 Å². The fourth-order valence-electron chi connectivity index (χ4n) is 5.31. The van der Waals surface area contributed by atoms with E-state index in [9.17, 15) is 9.90 Å². The SMILES string of the molecule is O=C(O)c1ccc2nc(CN3CCC(Oc4cccc(COc5cccc(Cl)c5Cl)c4)CC3)n(C[C@@H]3CCO3)c2c1. The highest BCUT2D eigenvalue weighted by atomic mass is 35.5. The number of aromatic carboxylic acids is 1. The normalized spacial score (nSPS) is 17.9. The number of carboxylic acid groups (broad SMARTS) is 1. The number of hydrogen-bond acceptors (Lipinski definition) is 6. The summed E-state index contributed by atoms with van der Waals surface area (Å²) in [5.74, 6) is 1.36. The van der Waals surface area contributed by atoms with Gasteiger partial charge in [-0.05, 0) is 67.3 Å². The quantitative estimate of drug-likeness (QED) is 0.225. The second-order valence-electron chi connectivity index (χ2n) is 10.5. The van der Waals surface area contributed by atoms with Crippen LogP contribution in [-0.4, -0.2) is 57.4 Å². The van der Waals surface area contributed by atoms with Crippen molar-refractivity contribution in [2.24, 2.45) is 0 Å². The van der Waals surface area contributed by atoms with E-state index < -0.39 is 5.97 Å². The standard InChI is InChI=1S/C31H31Cl2N3O5/c32-25-5-2-6-28(30(25)33)40-19-20-3-1-4-23(15-20)41-22-9-12-35(13-10-22)18-29-34-26-8-7-21(31(37)38)16-27(26)36(29)17-24-11-14-39-24/h1-8,15-16,22,24H,9-14,17-19H2,(H,37,38)/t24-/m0/s1. The molecular formula is C31H31Cl2N3O5. The molecule has 0 aliphatic carbocycles. The fraction of sp³-hybridized carbons (Fsp3) is 0.355. The van der Waals surface area contributed by atoms with Crippen molar-refractivity contribution in [1.82, 2.24) is 14.5 Å². The van der Waals surface area contributed by atoms with Crippen LogP contribution in [0.15, 0.2) is 60.7 Å². The maximum absolute atomic E-state index is 11.6. The molecule has 0 bridgehead atoms. The number of ether oxygens (including phenoxy) is 3. The molecule has 3 aromatic carbocycles. The topological polar surface area (TPSA) is 86.0 Å². The Labute approximate surface area is 248 Å². The second kappa shape index (κ2) is 12.3. The molecule has 1 N–H and O–H groups in total. The summed E-state index contributed by atoms with van der Waals surface area (Å²) >= 11 is 12.3.